The molecule has 0 spiro atoms. The highest BCUT2D eigenvalue weighted by Crippen LogP contribution is 2.73. The molecule has 0 aromatic rings. The second kappa shape index (κ2) is 7.79. The molecule has 7 heteroatoms. The summed E-state index contributed by atoms with van der Waals surface area (Å²) in [6.45, 7) is 5.86. The Balaban J connectivity index is 1.38. The molecule has 4 saturated carbocycles. The lowest BCUT2D eigenvalue weighted by atomic mass is 9.44. The van der Waals surface area contributed by atoms with Crippen LogP contribution in [0.5, 0.6) is 0 Å². The minimum Gasteiger partial charge on any atom is -0.463 e. The molecule has 2 bridgehead atoms. The van der Waals surface area contributed by atoms with Crippen LogP contribution >= 0.6 is 15.9 Å². The molecule has 1 heterocycles. The van der Waals surface area contributed by atoms with Crippen molar-refractivity contribution >= 4 is 33.7 Å². The molecule has 0 amide bonds. The average molecular weight is 511 g/mol. The first-order valence-corrected chi connectivity index (χ1v) is 13.0. The van der Waals surface area contributed by atoms with Crippen LogP contribution in [0.15, 0.2) is 0 Å². The molecule has 0 N–H and O–H groups in total. The van der Waals surface area contributed by atoms with Gasteiger partial charge in [-0.2, -0.15) is 0 Å². The standard InChI is InChI=1S/C25H35BrO6/c1-14(27)30-12-21(29)20-5-4-18-17-10-22-25(26)11-16(32-15(2)28)6-9-24(25,13-31-22)19(17)7-8-23(18,20)3/h16-20,22H,4-13H2,1-3H3/t16-,17?,18?,19?,20+,22-,23-,24-,25-/m0/s1. The summed E-state index contributed by atoms with van der Waals surface area (Å²) in [5.41, 5.74) is 0.0636. The summed E-state index contributed by atoms with van der Waals surface area (Å²) in [7, 11) is 0. The quantitative estimate of drug-likeness (QED) is 0.416. The third-order valence-electron chi connectivity index (χ3n) is 10.1. The maximum atomic E-state index is 13.0. The molecule has 5 aliphatic rings. The Labute approximate surface area is 198 Å². The van der Waals surface area contributed by atoms with Gasteiger partial charge in [-0.05, 0) is 68.1 Å². The molecule has 4 aliphatic carbocycles. The van der Waals surface area contributed by atoms with E-state index in [1.54, 1.807) is 0 Å². The number of fused-ring (bicyclic) bond motifs is 3. The Morgan fingerprint density at radius 3 is 2.53 bits per heavy atom. The van der Waals surface area contributed by atoms with Gasteiger partial charge in [0.1, 0.15) is 12.7 Å². The van der Waals surface area contributed by atoms with E-state index in [9.17, 15) is 14.4 Å². The normalized spacial score (nSPS) is 48.9. The number of ketones is 1. The molecule has 0 aromatic heterocycles. The van der Waals surface area contributed by atoms with Crippen LogP contribution in [0.3, 0.4) is 0 Å². The number of ether oxygens (including phenoxy) is 3. The molecule has 5 fully saturated rings. The van der Waals surface area contributed by atoms with Crippen LogP contribution in [0.4, 0.5) is 0 Å². The van der Waals surface area contributed by atoms with E-state index >= 15 is 0 Å². The van der Waals surface area contributed by atoms with Crippen molar-refractivity contribution in [1.82, 2.24) is 0 Å². The number of carbonyl (C=O) groups excluding carboxylic acids is 3. The molecule has 6 nitrogen and oxygen atoms in total. The van der Waals surface area contributed by atoms with E-state index in [4.69, 9.17) is 14.2 Å². The fraction of sp³-hybridized carbons (Fsp3) is 0.880. The van der Waals surface area contributed by atoms with Crippen molar-refractivity contribution in [2.45, 2.75) is 88.7 Å². The van der Waals surface area contributed by atoms with Crippen LogP contribution < -0.4 is 0 Å². The molecule has 32 heavy (non-hydrogen) atoms. The summed E-state index contributed by atoms with van der Waals surface area (Å²) in [6, 6.07) is 0. The van der Waals surface area contributed by atoms with Crippen LogP contribution in [0.2, 0.25) is 0 Å². The van der Waals surface area contributed by atoms with E-state index in [0.29, 0.717) is 17.8 Å². The number of alkyl halides is 1. The van der Waals surface area contributed by atoms with E-state index in [-0.39, 0.29) is 57.6 Å². The lowest BCUT2D eigenvalue weighted by molar-refractivity contribution is -0.155. The third kappa shape index (κ3) is 3.16. The number of hydrogen-bond acceptors (Lipinski definition) is 6. The first-order chi connectivity index (χ1) is 15.1. The summed E-state index contributed by atoms with van der Waals surface area (Å²) < 4.78 is 17.0. The van der Waals surface area contributed by atoms with Gasteiger partial charge in [-0.1, -0.05) is 22.9 Å². The van der Waals surface area contributed by atoms with Crippen LogP contribution in [-0.2, 0) is 28.6 Å². The van der Waals surface area contributed by atoms with Gasteiger partial charge in [0.05, 0.1) is 17.0 Å². The molecule has 178 valence electrons. The Kier molecular flexibility index (Phi) is 5.56. The second-order valence-corrected chi connectivity index (χ2v) is 12.7. The number of hydrogen-bond donors (Lipinski definition) is 0. The van der Waals surface area contributed by atoms with Crippen molar-refractivity contribution in [3.63, 3.8) is 0 Å². The summed E-state index contributed by atoms with van der Waals surface area (Å²) in [4.78, 5) is 35.8. The van der Waals surface area contributed by atoms with Gasteiger partial charge in [-0.25, -0.2) is 0 Å². The van der Waals surface area contributed by atoms with Gasteiger partial charge in [0, 0.05) is 31.6 Å². The van der Waals surface area contributed by atoms with Gasteiger partial charge in [0.25, 0.3) is 0 Å². The third-order valence-corrected chi connectivity index (χ3v) is 11.7. The predicted octanol–water partition coefficient (Wildman–Crippen LogP) is 4.22. The van der Waals surface area contributed by atoms with Crippen LogP contribution in [0, 0.1) is 34.5 Å². The Morgan fingerprint density at radius 2 is 1.81 bits per heavy atom. The van der Waals surface area contributed by atoms with Crippen molar-refractivity contribution in [3.8, 4) is 0 Å². The summed E-state index contributed by atoms with van der Waals surface area (Å²) in [5.74, 6) is 1.13. The molecule has 9 atom stereocenters. The number of Topliss-reactive ketones (excluding diaryl/α,β-unsaturated/α-hetero) is 1. The van der Waals surface area contributed by atoms with E-state index in [1.165, 1.54) is 13.8 Å². The van der Waals surface area contributed by atoms with Crippen LogP contribution in [-0.4, -0.2) is 47.5 Å². The summed E-state index contributed by atoms with van der Waals surface area (Å²) >= 11 is 4.19. The average Bonchev–Trinajstić information content (AvgIpc) is 3.14. The molecule has 1 saturated heterocycles. The largest absolute Gasteiger partial charge is 0.463 e. The van der Waals surface area contributed by atoms with E-state index in [1.807, 2.05) is 0 Å². The fourth-order valence-corrected chi connectivity index (χ4v) is 10.1. The predicted molar refractivity (Wildman–Crippen MR) is 120 cm³/mol. The molecule has 5 rings (SSSR count). The zero-order valence-corrected chi connectivity index (χ0v) is 20.9. The highest BCUT2D eigenvalue weighted by atomic mass is 79.9. The van der Waals surface area contributed by atoms with Crippen molar-refractivity contribution in [2.24, 2.45) is 34.5 Å². The van der Waals surface area contributed by atoms with E-state index < -0.39 is 0 Å². The van der Waals surface area contributed by atoms with Gasteiger partial charge < -0.3 is 14.2 Å². The zero-order valence-electron chi connectivity index (χ0n) is 19.4. The monoisotopic (exact) mass is 510 g/mol. The summed E-state index contributed by atoms with van der Waals surface area (Å²) in [5, 5.41) is 0. The molecule has 1 aliphatic heterocycles. The number of carbonyl (C=O) groups is 3. The SMILES string of the molecule is CC(=O)OCC(=O)[C@H]1CCC2C3C[C@@H]4OC[C@@]5(CC[C@H](OC(C)=O)C[C@]45Br)C3CC[C@@]21C. The minimum atomic E-state index is -0.389. The first kappa shape index (κ1) is 22.8. The Bertz CT molecular complexity index is 829. The number of esters is 2. The summed E-state index contributed by atoms with van der Waals surface area (Å²) in [6.07, 6.45) is 7.96. The van der Waals surface area contributed by atoms with Crippen LogP contribution in [0.1, 0.15) is 72.1 Å². The van der Waals surface area contributed by atoms with Gasteiger partial charge >= 0.3 is 11.9 Å². The zero-order chi connectivity index (χ0) is 22.9. The fourth-order valence-electron chi connectivity index (χ4n) is 8.83. The molecule has 3 unspecified atom stereocenters. The lowest BCUT2D eigenvalue weighted by Crippen LogP contribution is -2.63. The van der Waals surface area contributed by atoms with Gasteiger partial charge in [0.2, 0.25) is 0 Å². The topological polar surface area (TPSA) is 78.9 Å². The van der Waals surface area contributed by atoms with Crippen molar-refractivity contribution in [1.29, 1.82) is 0 Å². The maximum absolute atomic E-state index is 13.0. The van der Waals surface area contributed by atoms with Crippen molar-refractivity contribution in [3.05, 3.63) is 0 Å². The van der Waals surface area contributed by atoms with E-state index in [0.717, 1.165) is 58.0 Å². The Morgan fingerprint density at radius 1 is 1.03 bits per heavy atom. The highest BCUT2D eigenvalue weighted by molar-refractivity contribution is 9.10. The van der Waals surface area contributed by atoms with Gasteiger partial charge in [-0.3, -0.25) is 14.4 Å². The van der Waals surface area contributed by atoms with Crippen molar-refractivity contribution in [2.75, 3.05) is 13.2 Å². The van der Waals surface area contributed by atoms with Gasteiger partial charge in [0.15, 0.2) is 5.78 Å². The molecule has 0 radical (unpaired) electrons. The minimum absolute atomic E-state index is 0.0146. The van der Waals surface area contributed by atoms with Crippen molar-refractivity contribution < 1.29 is 28.6 Å². The lowest BCUT2D eigenvalue weighted by Gasteiger charge is -2.62. The smallest absolute Gasteiger partial charge is 0.303 e. The maximum Gasteiger partial charge on any atom is 0.303 e. The number of halogens is 1. The highest BCUT2D eigenvalue weighted by Gasteiger charge is 2.72. The van der Waals surface area contributed by atoms with Gasteiger partial charge in [-0.15, -0.1) is 0 Å². The first-order valence-electron chi connectivity index (χ1n) is 12.2. The second-order valence-electron chi connectivity index (χ2n) is 11.3. The Hall–Kier alpha value is -0.950. The number of rotatable bonds is 4. The molecular weight excluding hydrogens is 476 g/mol. The molecular formula is C25H35BrO6. The van der Waals surface area contributed by atoms with Crippen LogP contribution in [0.25, 0.3) is 0 Å². The van der Waals surface area contributed by atoms with E-state index in [2.05, 4.69) is 22.9 Å². The molecule has 0 aromatic carbocycles.